The summed E-state index contributed by atoms with van der Waals surface area (Å²) in [7, 11) is 1.73. The standard InChI is InChI=1S/C30H38FN5O2/c1-37-29-18-24-27(17-21(29)20-38-16-15-35-11-2-3-12-35)34-26-6-4-5-23(26)30(24)33-22-8-13-36(14-9-22)28-7-10-32-19-25(28)31/h7,10,17-19,22H,2-6,8-9,11-16,20H2,1H3,(H,33,34). The number of pyridine rings is 2. The van der Waals surface area contributed by atoms with Gasteiger partial charge in [0.15, 0.2) is 5.82 Å². The first-order chi connectivity index (χ1) is 18.7. The molecule has 3 aromatic rings. The van der Waals surface area contributed by atoms with Crippen LogP contribution in [0, 0.1) is 5.82 Å². The number of nitrogens with one attached hydrogen (secondary N) is 1. The van der Waals surface area contributed by atoms with Crippen LogP contribution < -0.4 is 15.0 Å². The van der Waals surface area contributed by atoms with Gasteiger partial charge in [-0.15, -0.1) is 0 Å². The Morgan fingerprint density at radius 1 is 1.08 bits per heavy atom. The minimum absolute atomic E-state index is 0.250. The highest BCUT2D eigenvalue weighted by atomic mass is 19.1. The number of hydrogen-bond donors (Lipinski definition) is 1. The van der Waals surface area contributed by atoms with Gasteiger partial charge in [-0.1, -0.05) is 0 Å². The van der Waals surface area contributed by atoms with E-state index in [0.717, 1.165) is 80.6 Å². The van der Waals surface area contributed by atoms with Crippen molar-refractivity contribution in [1.82, 2.24) is 14.9 Å². The van der Waals surface area contributed by atoms with Gasteiger partial charge in [-0.3, -0.25) is 9.97 Å². The predicted molar refractivity (Wildman–Crippen MR) is 149 cm³/mol. The summed E-state index contributed by atoms with van der Waals surface area (Å²) >= 11 is 0. The van der Waals surface area contributed by atoms with Crippen molar-refractivity contribution in [2.45, 2.75) is 57.6 Å². The van der Waals surface area contributed by atoms with Gasteiger partial charge in [0.2, 0.25) is 0 Å². The van der Waals surface area contributed by atoms with Crippen molar-refractivity contribution in [1.29, 1.82) is 0 Å². The van der Waals surface area contributed by atoms with Crippen LogP contribution in [0.3, 0.4) is 0 Å². The molecule has 2 aliphatic heterocycles. The fourth-order valence-corrected chi connectivity index (χ4v) is 6.28. The van der Waals surface area contributed by atoms with E-state index in [-0.39, 0.29) is 5.82 Å². The lowest BCUT2D eigenvalue weighted by Crippen LogP contribution is -2.39. The minimum Gasteiger partial charge on any atom is -0.496 e. The second-order valence-electron chi connectivity index (χ2n) is 10.8. The van der Waals surface area contributed by atoms with Crippen LogP contribution in [-0.2, 0) is 24.2 Å². The normalized spacial score (nSPS) is 18.3. The van der Waals surface area contributed by atoms with Gasteiger partial charge < -0.3 is 24.6 Å². The third kappa shape index (κ3) is 5.29. The quantitative estimate of drug-likeness (QED) is 0.401. The largest absolute Gasteiger partial charge is 0.496 e. The number of ether oxygens (including phenoxy) is 2. The lowest BCUT2D eigenvalue weighted by molar-refractivity contribution is 0.0979. The molecular formula is C30H38FN5O2. The average Bonchev–Trinajstić information content (AvgIpc) is 3.64. The Morgan fingerprint density at radius 3 is 2.71 bits per heavy atom. The zero-order valence-corrected chi connectivity index (χ0v) is 22.3. The Balaban J connectivity index is 1.19. The molecule has 38 heavy (non-hydrogen) atoms. The van der Waals surface area contributed by atoms with Crippen molar-refractivity contribution in [3.8, 4) is 5.75 Å². The summed E-state index contributed by atoms with van der Waals surface area (Å²) in [6.45, 7) is 6.24. The van der Waals surface area contributed by atoms with E-state index >= 15 is 0 Å². The van der Waals surface area contributed by atoms with Gasteiger partial charge in [-0.05, 0) is 81.8 Å². The average molecular weight is 520 g/mol. The van der Waals surface area contributed by atoms with Gasteiger partial charge in [-0.2, -0.15) is 0 Å². The minimum atomic E-state index is -0.250. The van der Waals surface area contributed by atoms with E-state index in [9.17, 15) is 4.39 Å². The molecule has 202 valence electrons. The molecule has 0 radical (unpaired) electrons. The maximum atomic E-state index is 14.3. The molecule has 0 atom stereocenters. The Bertz CT molecular complexity index is 1270. The molecule has 2 fully saturated rings. The lowest BCUT2D eigenvalue weighted by Gasteiger charge is -2.35. The Kier molecular flexibility index (Phi) is 7.60. The van der Waals surface area contributed by atoms with E-state index in [1.54, 1.807) is 19.4 Å². The van der Waals surface area contributed by atoms with E-state index in [1.807, 2.05) is 0 Å². The molecule has 1 N–H and O–H groups in total. The number of hydrogen-bond acceptors (Lipinski definition) is 7. The van der Waals surface area contributed by atoms with Crippen molar-refractivity contribution in [3.63, 3.8) is 0 Å². The van der Waals surface area contributed by atoms with E-state index < -0.39 is 0 Å². The van der Waals surface area contributed by atoms with E-state index in [0.29, 0.717) is 18.3 Å². The number of piperidine rings is 1. The second kappa shape index (κ2) is 11.4. The zero-order valence-electron chi connectivity index (χ0n) is 22.3. The Morgan fingerprint density at radius 2 is 1.92 bits per heavy atom. The molecule has 0 spiro atoms. The fraction of sp³-hybridized carbons (Fsp3) is 0.533. The molecule has 8 heteroatoms. The number of aromatic nitrogens is 2. The van der Waals surface area contributed by atoms with E-state index in [2.05, 4.69) is 32.2 Å². The SMILES string of the molecule is COc1cc2c(NC3CCN(c4ccncc4F)CC3)c3c(nc2cc1COCCN1CCCC1)CCC3. The monoisotopic (exact) mass is 519 g/mol. The third-order valence-electron chi connectivity index (χ3n) is 8.36. The van der Waals surface area contributed by atoms with Gasteiger partial charge in [-0.25, -0.2) is 4.39 Å². The van der Waals surface area contributed by atoms with Crippen LogP contribution in [-0.4, -0.2) is 67.4 Å². The van der Waals surface area contributed by atoms with Gasteiger partial charge in [0, 0.05) is 54.2 Å². The number of methoxy groups -OCH3 is 1. The molecule has 0 bridgehead atoms. The van der Waals surface area contributed by atoms with Crippen LogP contribution in [0.25, 0.3) is 10.9 Å². The summed E-state index contributed by atoms with van der Waals surface area (Å²) in [6.07, 6.45) is 10.7. The van der Waals surface area contributed by atoms with Gasteiger partial charge in [0.25, 0.3) is 0 Å². The number of likely N-dealkylation sites (tertiary alicyclic amines) is 1. The number of halogens is 1. The highest BCUT2D eigenvalue weighted by Gasteiger charge is 2.26. The first kappa shape index (κ1) is 25.3. The number of rotatable bonds is 9. The molecule has 6 rings (SSSR count). The summed E-state index contributed by atoms with van der Waals surface area (Å²) in [5.41, 5.74) is 6.46. The molecule has 4 heterocycles. The summed E-state index contributed by atoms with van der Waals surface area (Å²) in [5, 5.41) is 5.02. The molecule has 2 saturated heterocycles. The maximum absolute atomic E-state index is 14.3. The van der Waals surface area contributed by atoms with Gasteiger partial charge in [0.05, 0.1) is 37.7 Å². The van der Waals surface area contributed by atoms with Crippen LogP contribution in [0.2, 0.25) is 0 Å². The van der Waals surface area contributed by atoms with Crippen LogP contribution >= 0.6 is 0 Å². The topological polar surface area (TPSA) is 62.8 Å². The Hall–Kier alpha value is -2.97. The van der Waals surface area contributed by atoms with Gasteiger partial charge >= 0.3 is 0 Å². The predicted octanol–water partition coefficient (Wildman–Crippen LogP) is 4.96. The molecule has 3 aliphatic rings. The lowest BCUT2D eigenvalue weighted by atomic mass is 10.00. The summed E-state index contributed by atoms with van der Waals surface area (Å²) in [5.74, 6) is 0.601. The van der Waals surface area contributed by atoms with Crippen LogP contribution in [0.15, 0.2) is 30.6 Å². The van der Waals surface area contributed by atoms with Gasteiger partial charge in [0.1, 0.15) is 5.75 Å². The van der Waals surface area contributed by atoms with E-state index in [4.69, 9.17) is 14.5 Å². The van der Waals surface area contributed by atoms with Crippen LogP contribution in [0.5, 0.6) is 5.75 Å². The molecule has 7 nitrogen and oxygen atoms in total. The van der Waals surface area contributed by atoms with Crippen LogP contribution in [0.4, 0.5) is 15.8 Å². The molecule has 2 aromatic heterocycles. The number of nitrogens with zero attached hydrogens (tertiary/aromatic N) is 4. The van der Waals surface area contributed by atoms with Crippen molar-refractivity contribution in [2.75, 3.05) is 56.7 Å². The Labute approximate surface area is 224 Å². The molecule has 1 aromatic carbocycles. The van der Waals surface area contributed by atoms with Crippen molar-refractivity contribution in [2.24, 2.45) is 0 Å². The zero-order chi connectivity index (χ0) is 25.9. The summed E-state index contributed by atoms with van der Waals surface area (Å²) in [4.78, 5) is 13.6. The molecule has 0 unspecified atom stereocenters. The first-order valence-electron chi connectivity index (χ1n) is 14.1. The van der Waals surface area contributed by atoms with Crippen molar-refractivity contribution < 1.29 is 13.9 Å². The number of fused-ring (bicyclic) bond motifs is 2. The van der Waals surface area contributed by atoms with Crippen molar-refractivity contribution in [3.05, 3.63) is 53.2 Å². The molecule has 1 aliphatic carbocycles. The highest BCUT2D eigenvalue weighted by molar-refractivity contribution is 5.95. The number of benzene rings is 1. The van der Waals surface area contributed by atoms with Crippen LogP contribution in [0.1, 0.15) is 48.9 Å². The molecular weight excluding hydrogens is 481 g/mol. The summed E-state index contributed by atoms with van der Waals surface area (Å²) in [6, 6.07) is 6.39. The van der Waals surface area contributed by atoms with Crippen molar-refractivity contribution >= 4 is 22.3 Å². The maximum Gasteiger partial charge on any atom is 0.164 e. The third-order valence-corrected chi connectivity index (χ3v) is 8.36. The molecule has 0 saturated carbocycles. The summed E-state index contributed by atoms with van der Waals surface area (Å²) < 4.78 is 26.2. The fourth-order valence-electron chi connectivity index (χ4n) is 6.28. The molecule has 0 amide bonds. The second-order valence-corrected chi connectivity index (χ2v) is 10.8. The smallest absolute Gasteiger partial charge is 0.164 e. The first-order valence-corrected chi connectivity index (χ1v) is 14.1. The number of aryl methyl sites for hydroxylation is 1. The number of anilines is 2. The van der Waals surface area contributed by atoms with E-state index in [1.165, 1.54) is 49.1 Å². The highest BCUT2D eigenvalue weighted by Crippen LogP contribution is 2.38.